The number of carbonyl (C=O) groups is 1. The van der Waals surface area contributed by atoms with Crippen LogP contribution in [0.2, 0.25) is 5.02 Å². The maximum absolute atomic E-state index is 13.0. The van der Waals surface area contributed by atoms with Crippen LogP contribution in [0.1, 0.15) is 19.8 Å². The number of rotatable bonds is 2. The van der Waals surface area contributed by atoms with Crippen molar-refractivity contribution in [3.05, 3.63) is 29.3 Å². The summed E-state index contributed by atoms with van der Waals surface area (Å²) in [5, 5.41) is 0.242. The van der Waals surface area contributed by atoms with Gasteiger partial charge in [-0.3, -0.25) is 4.79 Å². The van der Waals surface area contributed by atoms with Gasteiger partial charge in [-0.2, -0.15) is 4.31 Å². The van der Waals surface area contributed by atoms with Crippen LogP contribution in [0.3, 0.4) is 0 Å². The zero-order valence-corrected chi connectivity index (χ0v) is 14.0. The maximum Gasteiger partial charge on any atom is 0.244 e. The first kappa shape index (κ1) is 15.8. The van der Waals surface area contributed by atoms with Crippen molar-refractivity contribution >= 4 is 27.5 Å². The van der Waals surface area contributed by atoms with Crippen molar-refractivity contribution in [3.63, 3.8) is 0 Å². The summed E-state index contributed by atoms with van der Waals surface area (Å²) in [6.45, 7) is 3.11. The van der Waals surface area contributed by atoms with E-state index in [2.05, 4.69) is 0 Å². The second kappa shape index (κ2) is 5.83. The minimum atomic E-state index is -3.63. The molecule has 3 aliphatic rings. The summed E-state index contributed by atoms with van der Waals surface area (Å²) in [5.41, 5.74) is 0. The van der Waals surface area contributed by atoms with Crippen molar-refractivity contribution in [1.82, 2.24) is 9.21 Å². The Morgan fingerprint density at radius 3 is 2.59 bits per heavy atom. The fourth-order valence-corrected chi connectivity index (χ4v) is 5.59. The Kier molecular flexibility index (Phi) is 4.18. The molecule has 2 atom stereocenters. The van der Waals surface area contributed by atoms with E-state index in [1.165, 1.54) is 6.92 Å². The highest BCUT2D eigenvalue weighted by atomic mass is 35.5. The predicted octanol–water partition coefficient (Wildman–Crippen LogP) is 1.97. The lowest BCUT2D eigenvalue weighted by atomic mass is 9.97. The Balaban J connectivity index is 1.95. The summed E-state index contributed by atoms with van der Waals surface area (Å²) in [6.07, 6.45) is 1.75. The van der Waals surface area contributed by atoms with E-state index in [1.807, 2.05) is 0 Å². The van der Waals surface area contributed by atoms with Crippen LogP contribution in [-0.2, 0) is 14.8 Å². The molecule has 2 bridgehead atoms. The van der Waals surface area contributed by atoms with E-state index in [1.54, 1.807) is 33.5 Å². The first-order chi connectivity index (χ1) is 10.4. The van der Waals surface area contributed by atoms with Gasteiger partial charge >= 0.3 is 0 Å². The quantitative estimate of drug-likeness (QED) is 0.825. The van der Waals surface area contributed by atoms with Crippen LogP contribution >= 0.6 is 11.6 Å². The maximum atomic E-state index is 13.0. The van der Waals surface area contributed by atoms with Crippen molar-refractivity contribution < 1.29 is 13.2 Å². The summed E-state index contributed by atoms with van der Waals surface area (Å²) >= 11 is 6.08. The van der Waals surface area contributed by atoms with E-state index in [-0.39, 0.29) is 27.8 Å². The zero-order chi connectivity index (χ0) is 15.9. The molecule has 3 aliphatic heterocycles. The Morgan fingerprint density at radius 2 is 1.91 bits per heavy atom. The van der Waals surface area contributed by atoms with E-state index in [4.69, 9.17) is 11.6 Å². The number of piperidine rings is 1. The normalized spacial score (nSPS) is 26.0. The van der Waals surface area contributed by atoms with Crippen LogP contribution in [0, 0.1) is 5.92 Å². The van der Waals surface area contributed by atoms with Gasteiger partial charge in [0.05, 0.1) is 5.02 Å². The molecule has 22 heavy (non-hydrogen) atoms. The van der Waals surface area contributed by atoms with E-state index < -0.39 is 10.0 Å². The Labute approximate surface area is 135 Å². The van der Waals surface area contributed by atoms with Crippen LogP contribution in [0.4, 0.5) is 0 Å². The first-order valence-electron chi connectivity index (χ1n) is 7.41. The summed E-state index contributed by atoms with van der Waals surface area (Å²) in [7, 11) is -3.63. The van der Waals surface area contributed by atoms with Gasteiger partial charge in [-0.05, 0) is 30.9 Å². The topological polar surface area (TPSA) is 57.7 Å². The second-order valence-electron chi connectivity index (χ2n) is 6.03. The predicted molar refractivity (Wildman–Crippen MR) is 84.1 cm³/mol. The lowest BCUT2D eigenvalue weighted by Crippen LogP contribution is -2.47. The molecule has 4 rings (SSSR count). The lowest BCUT2D eigenvalue weighted by molar-refractivity contribution is -0.129. The van der Waals surface area contributed by atoms with Crippen LogP contribution in [0.25, 0.3) is 0 Å². The summed E-state index contributed by atoms with van der Waals surface area (Å²) in [5.74, 6) is 0.203. The molecule has 0 unspecified atom stereocenters. The van der Waals surface area contributed by atoms with Gasteiger partial charge in [-0.1, -0.05) is 23.7 Å². The molecule has 0 aliphatic carbocycles. The number of hydrogen-bond acceptors (Lipinski definition) is 3. The standard InChI is InChI=1S/C15H19ClN2O3S/c1-11(19)17-8-12-6-7-13(10-17)18(9-12)22(20,21)15-5-3-2-4-14(15)16/h2-5,12-13H,6-10H2,1H3/t12-,13+/m0/s1. The third kappa shape index (κ3) is 2.75. The van der Waals surface area contributed by atoms with Gasteiger partial charge in [0.2, 0.25) is 15.9 Å². The van der Waals surface area contributed by atoms with Crippen LogP contribution in [0.15, 0.2) is 29.2 Å². The number of carbonyl (C=O) groups excluding carboxylic acids is 1. The Morgan fingerprint density at radius 1 is 1.18 bits per heavy atom. The van der Waals surface area contributed by atoms with E-state index in [9.17, 15) is 13.2 Å². The SMILES string of the molecule is CC(=O)N1C[C@@H]2CC[C@H](C1)N(S(=O)(=O)c1ccccc1Cl)C2. The Hall–Kier alpha value is -1.11. The van der Waals surface area contributed by atoms with Gasteiger partial charge in [-0.15, -0.1) is 0 Å². The highest BCUT2D eigenvalue weighted by Crippen LogP contribution is 2.34. The molecule has 5 nitrogen and oxygen atoms in total. The number of halogens is 1. The molecule has 3 saturated heterocycles. The smallest absolute Gasteiger partial charge is 0.244 e. The number of nitrogens with zero attached hydrogens (tertiary/aromatic N) is 2. The van der Waals surface area contributed by atoms with Gasteiger partial charge in [0.1, 0.15) is 4.90 Å². The Bertz CT molecular complexity index is 692. The van der Waals surface area contributed by atoms with Crippen LogP contribution in [-0.4, -0.2) is 49.2 Å². The van der Waals surface area contributed by atoms with Crippen LogP contribution < -0.4 is 0 Å². The molecular formula is C15H19ClN2O3S. The fraction of sp³-hybridized carbons (Fsp3) is 0.533. The largest absolute Gasteiger partial charge is 0.341 e. The monoisotopic (exact) mass is 342 g/mol. The summed E-state index contributed by atoms with van der Waals surface area (Å²) in [4.78, 5) is 13.6. The minimum absolute atomic E-state index is 0.00823. The van der Waals surface area contributed by atoms with Gasteiger partial charge in [0.15, 0.2) is 0 Å². The van der Waals surface area contributed by atoms with Crippen molar-refractivity contribution in [1.29, 1.82) is 0 Å². The molecule has 120 valence electrons. The molecule has 0 N–H and O–H groups in total. The molecule has 3 fully saturated rings. The molecule has 7 heteroatoms. The van der Waals surface area contributed by atoms with Crippen molar-refractivity contribution in [3.8, 4) is 0 Å². The molecular weight excluding hydrogens is 324 g/mol. The third-order valence-corrected chi connectivity index (χ3v) is 6.95. The summed E-state index contributed by atoms with van der Waals surface area (Å²) < 4.78 is 27.5. The highest BCUT2D eigenvalue weighted by Gasteiger charge is 2.42. The van der Waals surface area contributed by atoms with Gasteiger partial charge in [0, 0.05) is 32.6 Å². The third-order valence-electron chi connectivity index (χ3n) is 4.53. The van der Waals surface area contributed by atoms with E-state index in [0.29, 0.717) is 19.6 Å². The molecule has 0 spiro atoms. The summed E-state index contributed by atoms with van der Waals surface area (Å²) in [6, 6.07) is 6.36. The average molecular weight is 343 g/mol. The molecule has 1 aromatic carbocycles. The van der Waals surface area contributed by atoms with Crippen molar-refractivity contribution in [2.75, 3.05) is 19.6 Å². The van der Waals surface area contributed by atoms with Crippen molar-refractivity contribution in [2.24, 2.45) is 5.92 Å². The fourth-order valence-electron chi connectivity index (χ4n) is 3.37. The molecule has 0 saturated carbocycles. The van der Waals surface area contributed by atoms with Crippen LogP contribution in [0.5, 0.6) is 0 Å². The average Bonchev–Trinajstić information content (AvgIpc) is 2.79. The molecule has 3 heterocycles. The number of fused-ring (bicyclic) bond motifs is 4. The second-order valence-corrected chi connectivity index (χ2v) is 8.29. The molecule has 1 amide bonds. The zero-order valence-electron chi connectivity index (χ0n) is 12.4. The highest BCUT2D eigenvalue weighted by molar-refractivity contribution is 7.89. The minimum Gasteiger partial charge on any atom is -0.341 e. The number of benzene rings is 1. The number of hydrogen-bond donors (Lipinski definition) is 0. The first-order valence-corrected chi connectivity index (χ1v) is 9.23. The molecule has 0 aromatic heterocycles. The molecule has 0 radical (unpaired) electrons. The number of amides is 1. The van der Waals surface area contributed by atoms with Gasteiger partial charge in [-0.25, -0.2) is 8.42 Å². The molecule has 1 aromatic rings. The lowest BCUT2D eigenvalue weighted by Gasteiger charge is -2.35. The van der Waals surface area contributed by atoms with E-state index >= 15 is 0 Å². The van der Waals surface area contributed by atoms with Gasteiger partial charge < -0.3 is 4.90 Å². The van der Waals surface area contributed by atoms with Gasteiger partial charge in [0.25, 0.3) is 0 Å². The van der Waals surface area contributed by atoms with Crippen molar-refractivity contribution in [2.45, 2.75) is 30.7 Å². The number of sulfonamides is 1. The van der Waals surface area contributed by atoms with E-state index in [0.717, 1.165) is 12.8 Å².